The van der Waals surface area contributed by atoms with Crippen LogP contribution in [0.1, 0.15) is 5.56 Å². The van der Waals surface area contributed by atoms with Gasteiger partial charge in [-0.05, 0) is 0 Å². The smallest absolute Gasteiger partial charge is 0.205 e. The van der Waals surface area contributed by atoms with Crippen molar-refractivity contribution < 1.29 is 8.78 Å². The molecule has 4 heteroatoms. The highest BCUT2D eigenvalue weighted by Crippen LogP contribution is 2.44. The Labute approximate surface area is 67.9 Å². The molecule has 1 aliphatic rings. The Kier molecular flexibility index (Phi) is 1.43. The molecule has 0 fully saturated rings. The van der Waals surface area contributed by atoms with Crippen LogP contribution in [-0.4, -0.2) is 6.43 Å². The fourth-order valence-electron chi connectivity index (χ4n) is 1.07. The van der Waals surface area contributed by atoms with Gasteiger partial charge in [0.05, 0.1) is 0 Å². The topological polar surface area (TPSA) is 24.7 Å². The van der Waals surface area contributed by atoms with Crippen molar-refractivity contribution in [3.8, 4) is 0 Å². The lowest BCUT2D eigenvalue weighted by Gasteiger charge is -2.08. The summed E-state index contributed by atoms with van der Waals surface area (Å²) in [5.74, 6) is 0. The molecule has 0 aliphatic carbocycles. The van der Waals surface area contributed by atoms with E-state index in [1.54, 1.807) is 30.3 Å². The van der Waals surface area contributed by atoms with Crippen molar-refractivity contribution in [1.82, 2.24) is 0 Å². The van der Waals surface area contributed by atoms with Crippen LogP contribution in [0.3, 0.4) is 0 Å². The Bertz CT molecular complexity index is 302. The fourth-order valence-corrected chi connectivity index (χ4v) is 1.07. The highest BCUT2D eigenvalue weighted by molar-refractivity contribution is 5.27. The summed E-state index contributed by atoms with van der Waals surface area (Å²) in [6.45, 7) is 0. The molecule has 0 spiro atoms. The van der Waals surface area contributed by atoms with Gasteiger partial charge in [0.2, 0.25) is 0 Å². The highest BCUT2D eigenvalue weighted by atomic mass is 19.3. The zero-order valence-corrected chi connectivity index (χ0v) is 6.11. The molecule has 0 aromatic heterocycles. The maximum absolute atomic E-state index is 12.4. The fraction of sp³-hybridized carbons (Fsp3) is 0.250. The third-order valence-corrected chi connectivity index (χ3v) is 1.82. The first-order chi connectivity index (χ1) is 5.76. The monoisotopic (exact) mass is 168 g/mol. The molecule has 0 atom stereocenters. The van der Waals surface area contributed by atoms with Gasteiger partial charge < -0.3 is 0 Å². The van der Waals surface area contributed by atoms with Crippen molar-refractivity contribution in [3.05, 3.63) is 35.9 Å². The van der Waals surface area contributed by atoms with E-state index in [2.05, 4.69) is 10.2 Å². The summed E-state index contributed by atoms with van der Waals surface area (Å²) in [5.41, 5.74) is -1.08. The predicted molar refractivity (Wildman–Crippen MR) is 39.0 cm³/mol. The van der Waals surface area contributed by atoms with Crippen LogP contribution in [0, 0.1) is 0 Å². The summed E-state index contributed by atoms with van der Waals surface area (Å²) in [4.78, 5) is 0. The molecule has 0 saturated heterocycles. The van der Waals surface area contributed by atoms with Crippen LogP contribution in [0.4, 0.5) is 8.78 Å². The minimum atomic E-state index is -2.54. The van der Waals surface area contributed by atoms with Crippen LogP contribution in [-0.2, 0) is 5.66 Å². The summed E-state index contributed by atoms with van der Waals surface area (Å²) < 4.78 is 24.7. The molecule has 1 aromatic carbocycles. The summed E-state index contributed by atoms with van der Waals surface area (Å²) >= 11 is 0. The lowest BCUT2D eigenvalue weighted by Crippen LogP contribution is -2.18. The molecular weight excluding hydrogens is 162 g/mol. The first kappa shape index (κ1) is 7.34. The highest BCUT2D eigenvalue weighted by Gasteiger charge is 2.51. The van der Waals surface area contributed by atoms with Crippen LogP contribution in [0.2, 0.25) is 0 Å². The number of halogens is 2. The van der Waals surface area contributed by atoms with Gasteiger partial charge in [-0.3, -0.25) is 0 Å². The van der Waals surface area contributed by atoms with E-state index in [1.165, 1.54) is 0 Å². The molecule has 2 nitrogen and oxygen atoms in total. The van der Waals surface area contributed by atoms with Crippen molar-refractivity contribution in [3.63, 3.8) is 0 Å². The van der Waals surface area contributed by atoms with Gasteiger partial charge in [0.15, 0.2) is 0 Å². The number of rotatable bonds is 2. The standard InChI is InChI=1S/C8H6F2N2/c9-7(10)8(11-12-8)6-4-2-1-3-5-6/h1-5,7H. The van der Waals surface area contributed by atoms with Gasteiger partial charge in [-0.2, -0.15) is 0 Å². The van der Waals surface area contributed by atoms with Crippen molar-refractivity contribution in [2.75, 3.05) is 0 Å². The molecule has 0 unspecified atom stereocenters. The summed E-state index contributed by atoms with van der Waals surface area (Å²) in [6.07, 6.45) is -2.54. The zero-order chi connectivity index (χ0) is 8.60. The Morgan fingerprint density at radius 3 is 2.08 bits per heavy atom. The third-order valence-electron chi connectivity index (χ3n) is 1.82. The van der Waals surface area contributed by atoms with Crippen molar-refractivity contribution in [1.29, 1.82) is 0 Å². The van der Waals surface area contributed by atoms with Gasteiger partial charge in [0.1, 0.15) is 0 Å². The summed E-state index contributed by atoms with van der Waals surface area (Å²) in [5, 5.41) is 6.76. The van der Waals surface area contributed by atoms with Gasteiger partial charge >= 0.3 is 0 Å². The number of hydrogen-bond acceptors (Lipinski definition) is 2. The van der Waals surface area contributed by atoms with Gasteiger partial charge in [-0.15, -0.1) is 10.2 Å². The van der Waals surface area contributed by atoms with E-state index in [0.29, 0.717) is 5.56 Å². The lowest BCUT2D eigenvalue weighted by atomic mass is 10.0. The molecule has 62 valence electrons. The molecule has 0 saturated carbocycles. The molecule has 0 radical (unpaired) electrons. The molecule has 12 heavy (non-hydrogen) atoms. The number of nitrogens with zero attached hydrogens (tertiary/aromatic N) is 2. The summed E-state index contributed by atoms with van der Waals surface area (Å²) in [6, 6.07) is 8.37. The maximum Gasteiger partial charge on any atom is 0.291 e. The van der Waals surface area contributed by atoms with Crippen LogP contribution in [0.15, 0.2) is 40.6 Å². The van der Waals surface area contributed by atoms with Crippen LogP contribution < -0.4 is 0 Å². The number of hydrogen-bond donors (Lipinski definition) is 0. The van der Waals surface area contributed by atoms with Gasteiger partial charge in [-0.25, -0.2) is 8.78 Å². The predicted octanol–water partition coefficient (Wildman–Crippen LogP) is 2.57. The average molecular weight is 168 g/mol. The largest absolute Gasteiger partial charge is 0.291 e. The van der Waals surface area contributed by atoms with E-state index in [-0.39, 0.29) is 0 Å². The number of alkyl halides is 2. The van der Waals surface area contributed by atoms with Gasteiger partial charge in [0.25, 0.3) is 12.1 Å². The third kappa shape index (κ3) is 0.913. The van der Waals surface area contributed by atoms with Crippen molar-refractivity contribution in [2.45, 2.75) is 12.1 Å². The van der Waals surface area contributed by atoms with E-state index < -0.39 is 12.1 Å². The Balaban J connectivity index is 2.32. The quantitative estimate of drug-likeness (QED) is 0.648. The normalized spacial score (nSPS) is 18.2. The molecule has 1 aromatic rings. The minimum Gasteiger partial charge on any atom is -0.205 e. The molecule has 1 aliphatic heterocycles. The SMILES string of the molecule is FC(F)C1(c2ccccc2)N=N1. The minimum absolute atomic E-state index is 0.458. The first-order valence-electron chi connectivity index (χ1n) is 3.53. The first-order valence-corrected chi connectivity index (χ1v) is 3.53. The Morgan fingerprint density at radius 1 is 1.08 bits per heavy atom. The zero-order valence-electron chi connectivity index (χ0n) is 6.11. The number of benzene rings is 1. The molecule has 0 N–H and O–H groups in total. The van der Waals surface area contributed by atoms with Crippen molar-refractivity contribution in [2.24, 2.45) is 10.2 Å². The lowest BCUT2D eigenvalue weighted by molar-refractivity contribution is 0.0930. The van der Waals surface area contributed by atoms with Gasteiger partial charge in [-0.1, -0.05) is 30.3 Å². The van der Waals surface area contributed by atoms with E-state index in [4.69, 9.17) is 0 Å². The van der Waals surface area contributed by atoms with Crippen LogP contribution in [0.5, 0.6) is 0 Å². The van der Waals surface area contributed by atoms with E-state index in [0.717, 1.165) is 0 Å². The van der Waals surface area contributed by atoms with E-state index in [1.807, 2.05) is 0 Å². The summed E-state index contributed by atoms with van der Waals surface area (Å²) in [7, 11) is 0. The second kappa shape index (κ2) is 2.33. The van der Waals surface area contributed by atoms with E-state index >= 15 is 0 Å². The molecular formula is C8H6F2N2. The van der Waals surface area contributed by atoms with Crippen molar-refractivity contribution >= 4 is 0 Å². The molecule has 2 rings (SSSR count). The van der Waals surface area contributed by atoms with E-state index in [9.17, 15) is 8.78 Å². The van der Waals surface area contributed by atoms with Crippen LogP contribution >= 0.6 is 0 Å². The average Bonchev–Trinajstić information content (AvgIpc) is 2.86. The molecule has 0 bridgehead atoms. The molecule has 0 amide bonds. The second-order valence-electron chi connectivity index (χ2n) is 2.59. The molecule has 1 heterocycles. The second-order valence-corrected chi connectivity index (χ2v) is 2.59. The van der Waals surface area contributed by atoms with Gasteiger partial charge in [0, 0.05) is 5.56 Å². The Hall–Kier alpha value is -1.32. The van der Waals surface area contributed by atoms with Crippen LogP contribution in [0.25, 0.3) is 0 Å². The maximum atomic E-state index is 12.4. The Morgan fingerprint density at radius 2 is 1.67 bits per heavy atom.